The molecule has 1 atom stereocenters. The lowest BCUT2D eigenvalue weighted by Crippen LogP contribution is -2.17. The van der Waals surface area contributed by atoms with Gasteiger partial charge in [-0.25, -0.2) is 4.98 Å². The van der Waals surface area contributed by atoms with E-state index in [2.05, 4.69) is 20.8 Å². The van der Waals surface area contributed by atoms with Crippen molar-refractivity contribution in [2.24, 2.45) is 5.92 Å². The minimum Gasteiger partial charge on any atom is -0.369 e. The average molecular weight is 218 g/mol. The summed E-state index contributed by atoms with van der Waals surface area (Å²) in [5.74, 6) is 1.56. The lowest BCUT2D eigenvalue weighted by molar-refractivity contribution is 0.456. The molecule has 0 saturated carbocycles. The molecule has 16 heavy (non-hydrogen) atoms. The van der Waals surface area contributed by atoms with Crippen molar-refractivity contribution in [3.05, 3.63) is 18.5 Å². The van der Waals surface area contributed by atoms with Crippen LogP contribution in [0, 0.1) is 5.92 Å². The Balaban J connectivity index is 1.75. The maximum atomic E-state index is 5.09. The number of nitrogens with zero attached hydrogens (tertiary/aromatic N) is 2. The highest BCUT2D eigenvalue weighted by molar-refractivity contribution is 5.86. The van der Waals surface area contributed by atoms with Crippen LogP contribution in [0.3, 0.4) is 0 Å². The van der Waals surface area contributed by atoms with Gasteiger partial charge in [-0.3, -0.25) is 0 Å². The molecule has 0 aromatic carbocycles. The summed E-state index contributed by atoms with van der Waals surface area (Å²) in [6.45, 7) is 3.16. The molecule has 2 N–H and O–H groups in total. The normalized spacial score (nSPS) is 20.4. The van der Waals surface area contributed by atoms with Crippen molar-refractivity contribution in [3.63, 3.8) is 0 Å². The third kappa shape index (κ3) is 1.74. The SMILES string of the molecule is c1cc2oncc2c(NCC2CCNC2)n1. The van der Waals surface area contributed by atoms with Crippen LogP contribution in [0.4, 0.5) is 5.82 Å². The van der Waals surface area contributed by atoms with Gasteiger partial charge in [-0.2, -0.15) is 0 Å². The summed E-state index contributed by atoms with van der Waals surface area (Å²) in [6.07, 6.45) is 4.67. The second kappa shape index (κ2) is 4.09. The highest BCUT2D eigenvalue weighted by atomic mass is 16.5. The van der Waals surface area contributed by atoms with Crippen LogP contribution in [0.15, 0.2) is 23.0 Å². The zero-order chi connectivity index (χ0) is 10.8. The average Bonchev–Trinajstić information content (AvgIpc) is 2.97. The van der Waals surface area contributed by atoms with E-state index in [4.69, 9.17) is 4.52 Å². The van der Waals surface area contributed by atoms with Crippen molar-refractivity contribution in [2.75, 3.05) is 25.0 Å². The van der Waals surface area contributed by atoms with E-state index in [1.807, 2.05) is 6.07 Å². The molecule has 2 aromatic rings. The van der Waals surface area contributed by atoms with E-state index in [0.717, 1.165) is 36.4 Å². The fraction of sp³-hybridized carbons (Fsp3) is 0.455. The van der Waals surface area contributed by atoms with Crippen LogP contribution < -0.4 is 10.6 Å². The van der Waals surface area contributed by atoms with Crippen LogP contribution in [-0.2, 0) is 0 Å². The van der Waals surface area contributed by atoms with Gasteiger partial charge in [0.1, 0.15) is 5.82 Å². The molecule has 5 nitrogen and oxygen atoms in total. The zero-order valence-electron chi connectivity index (χ0n) is 8.94. The third-order valence-electron chi connectivity index (χ3n) is 3.00. The van der Waals surface area contributed by atoms with Gasteiger partial charge in [0.15, 0.2) is 5.58 Å². The van der Waals surface area contributed by atoms with Crippen LogP contribution in [0.25, 0.3) is 11.0 Å². The summed E-state index contributed by atoms with van der Waals surface area (Å²) in [4.78, 5) is 4.31. The van der Waals surface area contributed by atoms with Gasteiger partial charge in [-0.05, 0) is 25.4 Å². The van der Waals surface area contributed by atoms with Crippen LogP contribution >= 0.6 is 0 Å². The van der Waals surface area contributed by atoms with Crippen molar-refractivity contribution < 1.29 is 4.52 Å². The highest BCUT2D eigenvalue weighted by Crippen LogP contribution is 2.20. The number of anilines is 1. The number of hydrogen-bond acceptors (Lipinski definition) is 5. The summed E-state index contributed by atoms with van der Waals surface area (Å²) < 4.78 is 5.09. The van der Waals surface area contributed by atoms with Crippen molar-refractivity contribution in [1.29, 1.82) is 0 Å². The topological polar surface area (TPSA) is 63.0 Å². The van der Waals surface area contributed by atoms with Crippen molar-refractivity contribution in [2.45, 2.75) is 6.42 Å². The Morgan fingerprint density at radius 3 is 3.44 bits per heavy atom. The fourth-order valence-electron chi connectivity index (χ4n) is 2.07. The highest BCUT2D eigenvalue weighted by Gasteiger charge is 2.14. The first kappa shape index (κ1) is 9.59. The molecule has 0 radical (unpaired) electrons. The van der Waals surface area contributed by atoms with Crippen molar-refractivity contribution >= 4 is 16.8 Å². The van der Waals surface area contributed by atoms with Gasteiger partial charge >= 0.3 is 0 Å². The van der Waals surface area contributed by atoms with E-state index >= 15 is 0 Å². The number of rotatable bonds is 3. The molecule has 1 aliphatic heterocycles. The molecule has 0 bridgehead atoms. The summed E-state index contributed by atoms with van der Waals surface area (Å²) in [6, 6.07) is 1.82. The van der Waals surface area contributed by atoms with Gasteiger partial charge in [-0.1, -0.05) is 5.16 Å². The Bertz CT molecular complexity index is 476. The van der Waals surface area contributed by atoms with Gasteiger partial charge < -0.3 is 15.2 Å². The van der Waals surface area contributed by atoms with E-state index in [9.17, 15) is 0 Å². The van der Waals surface area contributed by atoms with Gasteiger partial charge in [0.25, 0.3) is 0 Å². The molecule has 3 heterocycles. The Hall–Kier alpha value is -1.62. The number of hydrogen-bond donors (Lipinski definition) is 2. The first-order valence-corrected chi connectivity index (χ1v) is 5.57. The maximum Gasteiger partial charge on any atom is 0.172 e. The molecule has 2 aromatic heterocycles. The molecule has 1 fully saturated rings. The lowest BCUT2D eigenvalue weighted by atomic mass is 10.1. The Morgan fingerprint density at radius 1 is 1.56 bits per heavy atom. The minimum absolute atomic E-state index is 0.692. The standard InChI is InChI=1S/C11H14N4O/c1-3-12-5-8(1)6-14-11-9-7-15-16-10(9)2-4-13-11/h2,4,7-8,12H,1,3,5-6H2,(H,13,14). The molecular weight excluding hydrogens is 204 g/mol. The molecule has 5 heteroatoms. The van der Waals surface area contributed by atoms with Gasteiger partial charge in [0.05, 0.1) is 11.6 Å². The maximum absolute atomic E-state index is 5.09. The zero-order valence-corrected chi connectivity index (χ0v) is 8.94. The molecule has 0 spiro atoms. The minimum atomic E-state index is 0.692. The first-order chi connectivity index (χ1) is 7.93. The molecule has 0 amide bonds. The molecule has 1 saturated heterocycles. The quantitative estimate of drug-likeness (QED) is 0.811. The van der Waals surface area contributed by atoms with Gasteiger partial charge in [0.2, 0.25) is 0 Å². The third-order valence-corrected chi connectivity index (χ3v) is 3.00. The Kier molecular flexibility index (Phi) is 2.46. The van der Waals surface area contributed by atoms with Gasteiger partial charge in [-0.15, -0.1) is 0 Å². The van der Waals surface area contributed by atoms with Crippen LogP contribution in [-0.4, -0.2) is 29.8 Å². The van der Waals surface area contributed by atoms with E-state index in [0.29, 0.717) is 5.92 Å². The van der Waals surface area contributed by atoms with Crippen LogP contribution in [0.2, 0.25) is 0 Å². The molecule has 3 rings (SSSR count). The summed E-state index contributed by atoms with van der Waals surface area (Å²) in [5, 5.41) is 11.4. The van der Waals surface area contributed by atoms with E-state index in [-0.39, 0.29) is 0 Å². The summed E-state index contributed by atoms with van der Waals surface area (Å²) in [5.41, 5.74) is 0.780. The Labute approximate surface area is 93.2 Å². The molecule has 1 aliphatic rings. The molecular formula is C11H14N4O. The monoisotopic (exact) mass is 218 g/mol. The first-order valence-electron chi connectivity index (χ1n) is 5.57. The van der Waals surface area contributed by atoms with Crippen LogP contribution in [0.1, 0.15) is 6.42 Å². The second-order valence-electron chi connectivity index (χ2n) is 4.14. The number of fused-ring (bicyclic) bond motifs is 1. The second-order valence-corrected chi connectivity index (χ2v) is 4.14. The Morgan fingerprint density at radius 2 is 2.56 bits per heavy atom. The largest absolute Gasteiger partial charge is 0.369 e. The van der Waals surface area contributed by atoms with Gasteiger partial charge in [0, 0.05) is 18.8 Å². The molecule has 0 aliphatic carbocycles. The van der Waals surface area contributed by atoms with E-state index in [1.54, 1.807) is 12.4 Å². The number of aromatic nitrogens is 2. The smallest absolute Gasteiger partial charge is 0.172 e. The summed E-state index contributed by atoms with van der Waals surface area (Å²) >= 11 is 0. The predicted molar refractivity (Wildman–Crippen MR) is 61.3 cm³/mol. The van der Waals surface area contributed by atoms with E-state index in [1.165, 1.54) is 6.42 Å². The number of pyridine rings is 1. The van der Waals surface area contributed by atoms with Crippen LogP contribution in [0.5, 0.6) is 0 Å². The lowest BCUT2D eigenvalue weighted by Gasteiger charge is -2.10. The molecule has 84 valence electrons. The predicted octanol–water partition coefficient (Wildman–Crippen LogP) is 1.24. The van der Waals surface area contributed by atoms with Crippen molar-refractivity contribution in [1.82, 2.24) is 15.5 Å². The molecule has 1 unspecified atom stereocenters. The van der Waals surface area contributed by atoms with Crippen molar-refractivity contribution in [3.8, 4) is 0 Å². The summed E-state index contributed by atoms with van der Waals surface area (Å²) in [7, 11) is 0. The van der Waals surface area contributed by atoms with E-state index < -0.39 is 0 Å². The number of nitrogens with one attached hydrogen (secondary N) is 2. The fourth-order valence-corrected chi connectivity index (χ4v) is 2.07.